The summed E-state index contributed by atoms with van der Waals surface area (Å²) in [6, 6.07) is 8.51. The van der Waals surface area contributed by atoms with Crippen LogP contribution >= 0.6 is 0 Å². The molecule has 176 valence electrons. The van der Waals surface area contributed by atoms with Crippen molar-refractivity contribution in [3.05, 3.63) is 53.3 Å². The molecule has 0 radical (unpaired) electrons. The normalized spacial score (nSPS) is 13.3. The Kier molecular flexibility index (Phi) is 7.70. The van der Waals surface area contributed by atoms with Gasteiger partial charge in [-0.3, -0.25) is 14.4 Å². The molecule has 33 heavy (non-hydrogen) atoms. The SMILES string of the molecule is COc1cc(C(=O)NCC(=O)N2CCN(C(=O)c3cccc(F)c3)CC2)cc(OC)c1OC. The van der Waals surface area contributed by atoms with E-state index in [-0.39, 0.29) is 29.5 Å². The maximum Gasteiger partial charge on any atom is 0.254 e. The third kappa shape index (κ3) is 5.51. The van der Waals surface area contributed by atoms with Crippen molar-refractivity contribution in [2.24, 2.45) is 0 Å². The van der Waals surface area contributed by atoms with E-state index in [2.05, 4.69) is 5.32 Å². The summed E-state index contributed by atoms with van der Waals surface area (Å²) in [6.45, 7) is 1.08. The highest BCUT2D eigenvalue weighted by molar-refractivity contribution is 5.98. The molecular weight excluding hydrogens is 433 g/mol. The Labute approximate surface area is 191 Å². The molecule has 1 heterocycles. The van der Waals surface area contributed by atoms with Crippen molar-refractivity contribution in [1.82, 2.24) is 15.1 Å². The van der Waals surface area contributed by atoms with Gasteiger partial charge in [0.05, 0.1) is 27.9 Å². The smallest absolute Gasteiger partial charge is 0.254 e. The zero-order valence-electron chi connectivity index (χ0n) is 18.7. The van der Waals surface area contributed by atoms with Crippen molar-refractivity contribution in [2.45, 2.75) is 0 Å². The van der Waals surface area contributed by atoms with Gasteiger partial charge in [0.2, 0.25) is 11.7 Å². The Balaban J connectivity index is 1.54. The fraction of sp³-hybridized carbons (Fsp3) is 0.348. The molecule has 0 atom stereocenters. The van der Waals surface area contributed by atoms with Gasteiger partial charge >= 0.3 is 0 Å². The van der Waals surface area contributed by atoms with Gasteiger partial charge in [0.25, 0.3) is 11.8 Å². The number of carbonyl (C=O) groups excluding carboxylic acids is 3. The predicted molar refractivity (Wildman–Crippen MR) is 117 cm³/mol. The molecule has 0 bridgehead atoms. The molecule has 9 nitrogen and oxygen atoms in total. The Morgan fingerprint density at radius 3 is 2.03 bits per heavy atom. The topological polar surface area (TPSA) is 97.4 Å². The number of benzene rings is 2. The second kappa shape index (κ2) is 10.7. The number of nitrogens with zero attached hydrogens (tertiary/aromatic N) is 2. The van der Waals surface area contributed by atoms with E-state index in [1.165, 1.54) is 51.7 Å². The Morgan fingerprint density at radius 2 is 1.48 bits per heavy atom. The number of ether oxygens (including phenoxy) is 3. The largest absolute Gasteiger partial charge is 0.493 e. The standard InChI is InChI=1S/C23H26FN3O6/c1-31-18-12-16(13-19(32-2)21(18)33-3)22(29)25-14-20(28)26-7-9-27(10-8-26)23(30)15-5-4-6-17(24)11-15/h4-6,11-13H,7-10,14H2,1-3H3,(H,25,29). The van der Waals surface area contributed by atoms with Crippen LogP contribution in [-0.2, 0) is 4.79 Å². The van der Waals surface area contributed by atoms with E-state index in [1.54, 1.807) is 15.9 Å². The Bertz CT molecular complexity index is 1010. The summed E-state index contributed by atoms with van der Waals surface area (Å²) in [5.74, 6) is -0.482. The first-order valence-corrected chi connectivity index (χ1v) is 10.3. The van der Waals surface area contributed by atoms with Gasteiger partial charge in [-0.2, -0.15) is 0 Å². The van der Waals surface area contributed by atoms with Crippen molar-refractivity contribution in [1.29, 1.82) is 0 Å². The van der Waals surface area contributed by atoms with Crippen LogP contribution in [0, 0.1) is 5.82 Å². The molecule has 1 aliphatic heterocycles. The molecule has 0 unspecified atom stereocenters. The predicted octanol–water partition coefficient (Wildman–Crippen LogP) is 1.57. The van der Waals surface area contributed by atoms with Crippen LogP contribution in [0.3, 0.4) is 0 Å². The van der Waals surface area contributed by atoms with Gasteiger partial charge in [-0.25, -0.2) is 4.39 Å². The second-order valence-corrected chi connectivity index (χ2v) is 7.28. The van der Waals surface area contributed by atoms with Crippen LogP contribution < -0.4 is 19.5 Å². The molecule has 0 aliphatic carbocycles. The molecule has 2 aromatic carbocycles. The highest BCUT2D eigenvalue weighted by atomic mass is 19.1. The van der Waals surface area contributed by atoms with Gasteiger partial charge in [-0.1, -0.05) is 6.07 Å². The summed E-state index contributed by atoms with van der Waals surface area (Å²) in [5, 5.41) is 2.60. The molecule has 0 saturated carbocycles. The van der Waals surface area contributed by atoms with E-state index < -0.39 is 11.7 Å². The quantitative estimate of drug-likeness (QED) is 0.675. The zero-order chi connectivity index (χ0) is 24.0. The number of hydrogen-bond acceptors (Lipinski definition) is 6. The third-order valence-electron chi connectivity index (χ3n) is 5.32. The van der Waals surface area contributed by atoms with Crippen LogP contribution in [0.1, 0.15) is 20.7 Å². The van der Waals surface area contributed by atoms with Crippen molar-refractivity contribution < 1.29 is 33.0 Å². The van der Waals surface area contributed by atoms with E-state index in [0.29, 0.717) is 43.4 Å². The molecule has 1 N–H and O–H groups in total. The van der Waals surface area contributed by atoms with Crippen molar-refractivity contribution in [3.63, 3.8) is 0 Å². The first-order chi connectivity index (χ1) is 15.9. The van der Waals surface area contributed by atoms with E-state index in [4.69, 9.17) is 14.2 Å². The minimum Gasteiger partial charge on any atom is -0.493 e. The van der Waals surface area contributed by atoms with Gasteiger partial charge < -0.3 is 29.3 Å². The van der Waals surface area contributed by atoms with E-state index in [1.807, 2.05) is 0 Å². The second-order valence-electron chi connectivity index (χ2n) is 7.28. The Hall–Kier alpha value is -3.82. The number of methoxy groups -OCH3 is 3. The summed E-state index contributed by atoms with van der Waals surface area (Å²) < 4.78 is 29.1. The number of hydrogen-bond donors (Lipinski definition) is 1. The summed E-state index contributed by atoms with van der Waals surface area (Å²) >= 11 is 0. The van der Waals surface area contributed by atoms with Gasteiger partial charge in [0.15, 0.2) is 11.5 Å². The maximum atomic E-state index is 13.4. The minimum atomic E-state index is -0.475. The summed E-state index contributed by atoms with van der Waals surface area (Å²) in [6.07, 6.45) is 0. The number of piperazine rings is 1. The average molecular weight is 459 g/mol. The van der Waals surface area contributed by atoms with Crippen LogP contribution in [0.25, 0.3) is 0 Å². The lowest BCUT2D eigenvalue weighted by Crippen LogP contribution is -2.52. The highest BCUT2D eigenvalue weighted by Crippen LogP contribution is 2.38. The highest BCUT2D eigenvalue weighted by Gasteiger charge is 2.25. The fourth-order valence-corrected chi connectivity index (χ4v) is 3.54. The molecule has 0 aromatic heterocycles. The zero-order valence-corrected chi connectivity index (χ0v) is 18.7. The molecule has 10 heteroatoms. The molecule has 1 fully saturated rings. The monoisotopic (exact) mass is 459 g/mol. The van der Waals surface area contributed by atoms with Crippen LogP contribution in [0.4, 0.5) is 4.39 Å². The van der Waals surface area contributed by atoms with Gasteiger partial charge in [-0.15, -0.1) is 0 Å². The lowest BCUT2D eigenvalue weighted by molar-refractivity contribution is -0.131. The lowest BCUT2D eigenvalue weighted by Gasteiger charge is -2.34. The van der Waals surface area contributed by atoms with Crippen molar-refractivity contribution >= 4 is 17.7 Å². The fourth-order valence-electron chi connectivity index (χ4n) is 3.54. The van der Waals surface area contributed by atoms with E-state index in [0.717, 1.165) is 0 Å². The van der Waals surface area contributed by atoms with Gasteiger partial charge in [0, 0.05) is 37.3 Å². The van der Waals surface area contributed by atoms with Crippen molar-refractivity contribution in [3.8, 4) is 17.2 Å². The van der Waals surface area contributed by atoms with Gasteiger partial charge in [-0.05, 0) is 30.3 Å². The van der Waals surface area contributed by atoms with Crippen LogP contribution in [0.2, 0.25) is 0 Å². The number of nitrogens with one attached hydrogen (secondary N) is 1. The molecule has 1 aliphatic rings. The van der Waals surface area contributed by atoms with E-state index in [9.17, 15) is 18.8 Å². The lowest BCUT2D eigenvalue weighted by atomic mass is 10.1. The van der Waals surface area contributed by atoms with Gasteiger partial charge in [0.1, 0.15) is 5.82 Å². The van der Waals surface area contributed by atoms with Crippen molar-refractivity contribution in [2.75, 3.05) is 54.1 Å². The Morgan fingerprint density at radius 1 is 0.879 bits per heavy atom. The van der Waals surface area contributed by atoms with Crippen LogP contribution in [0.5, 0.6) is 17.2 Å². The van der Waals surface area contributed by atoms with Crippen LogP contribution in [0.15, 0.2) is 36.4 Å². The first kappa shape index (κ1) is 23.8. The number of rotatable bonds is 7. The first-order valence-electron chi connectivity index (χ1n) is 10.3. The summed E-state index contributed by atoms with van der Waals surface area (Å²) in [4.78, 5) is 40.8. The third-order valence-corrected chi connectivity index (χ3v) is 5.32. The average Bonchev–Trinajstić information content (AvgIpc) is 2.85. The molecule has 1 saturated heterocycles. The summed E-state index contributed by atoms with van der Waals surface area (Å²) in [7, 11) is 4.35. The van der Waals surface area contributed by atoms with E-state index >= 15 is 0 Å². The van der Waals surface area contributed by atoms with Crippen LogP contribution in [-0.4, -0.2) is 81.6 Å². The maximum absolute atomic E-state index is 13.4. The molecular formula is C23H26FN3O6. The molecule has 3 rings (SSSR count). The number of halogens is 1. The molecule has 3 amide bonds. The minimum absolute atomic E-state index is 0.201. The summed E-state index contributed by atoms with van der Waals surface area (Å²) in [5.41, 5.74) is 0.523. The molecule has 0 spiro atoms. The number of carbonyl (C=O) groups is 3. The molecule has 2 aromatic rings. The number of amides is 3.